The van der Waals surface area contributed by atoms with Gasteiger partial charge in [-0.2, -0.15) is 0 Å². The number of carbonyl (C=O) groups excluding carboxylic acids is 1. The monoisotopic (exact) mass is 414 g/mol. The van der Waals surface area contributed by atoms with Gasteiger partial charge in [-0.15, -0.1) is 0 Å². The van der Waals surface area contributed by atoms with Gasteiger partial charge in [-0.05, 0) is 18.1 Å². The Bertz CT molecular complexity index is 1250. The van der Waals surface area contributed by atoms with Gasteiger partial charge < -0.3 is 14.8 Å². The zero-order chi connectivity index (χ0) is 21.2. The van der Waals surface area contributed by atoms with Crippen LogP contribution in [0.4, 0.5) is 5.95 Å². The number of esters is 1. The number of imidazole rings is 1. The highest BCUT2D eigenvalue weighted by atomic mass is 16.5. The number of benzene rings is 2. The van der Waals surface area contributed by atoms with E-state index in [1.165, 1.54) is 5.56 Å². The summed E-state index contributed by atoms with van der Waals surface area (Å²) < 4.78 is 12.8. The molecule has 3 heterocycles. The van der Waals surface area contributed by atoms with Crippen molar-refractivity contribution in [2.75, 3.05) is 18.5 Å². The molecule has 31 heavy (non-hydrogen) atoms. The van der Waals surface area contributed by atoms with Crippen molar-refractivity contribution in [3.8, 4) is 16.9 Å². The number of anilines is 1. The molecular weight excluding hydrogens is 392 g/mol. The fourth-order valence-corrected chi connectivity index (χ4v) is 3.92. The Morgan fingerprint density at radius 3 is 2.87 bits per heavy atom. The van der Waals surface area contributed by atoms with E-state index in [0.29, 0.717) is 24.6 Å². The molecule has 0 atom stereocenters. The predicted octanol–water partition coefficient (Wildman–Crippen LogP) is 4.12. The van der Waals surface area contributed by atoms with E-state index in [1.807, 2.05) is 42.5 Å². The maximum absolute atomic E-state index is 12.6. The molecule has 1 aliphatic heterocycles. The lowest BCUT2D eigenvalue weighted by Crippen LogP contribution is -2.09. The normalized spacial score (nSPS) is 12.4. The molecule has 0 saturated carbocycles. The maximum atomic E-state index is 12.6. The van der Waals surface area contributed by atoms with Crippen LogP contribution in [0.15, 0.2) is 61.1 Å². The number of rotatable bonds is 6. The van der Waals surface area contributed by atoms with Crippen LogP contribution < -0.4 is 10.1 Å². The molecule has 0 amide bonds. The second kappa shape index (κ2) is 8.10. The highest BCUT2D eigenvalue weighted by Gasteiger charge is 2.21. The van der Waals surface area contributed by atoms with Gasteiger partial charge in [0, 0.05) is 30.3 Å². The van der Waals surface area contributed by atoms with Crippen LogP contribution in [0.25, 0.3) is 16.6 Å². The molecule has 7 nitrogen and oxygen atoms in total. The molecule has 1 aliphatic rings. The largest absolute Gasteiger partial charge is 0.493 e. The Morgan fingerprint density at radius 1 is 1.16 bits per heavy atom. The minimum absolute atomic E-state index is 0.273. The summed E-state index contributed by atoms with van der Waals surface area (Å²) in [4.78, 5) is 21.6. The van der Waals surface area contributed by atoms with Crippen molar-refractivity contribution in [3.63, 3.8) is 0 Å². The summed E-state index contributed by atoms with van der Waals surface area (Å²) in [5.74, 6) is 1.09. The average molecular weight is 414 g/mol. The summed E-state index contributed by atoms with van der Waals surface area (Å²) in [6.07, 6.45) is 4.31. The molecule has 1 N–H and O–H groups in total. The second-order valence-electron chi connectivity index (χ2n) is 7.25. The van der Waals surface area contributed by atoms with Crippen LogP contribution in [-0.2, 0) is 17.7 Å². The molecule has 2 aromatic heterocycles. The molecule has 0 spiro atoms. The lowest BCUT2D eigenvalue weighted by atomic mass is 10.1. The SMILES string of the molecule is CCOC(=O)c1ncn2c(NCc3cccc4c3OCC4)ncc(-c3ccccc3)c12. The first-order chi connectivity index (χ1) is 15.3. The van der Waals surface area contributed by atoms with Crippen molar-refractivity contribution in [1.82, 2.24) is 14.4 Å². The van der Waals surface area contributed by atoms with Crippen LogP contribution in [0.3, 0.4) is 0 Å². The standard InChI is InChI=1S/C24H22N4O3/c1-2-30-23(29)20-21-19(16-7-4-3-5-8-16)14-26-24(28(21)15-27-20)25-13-18-10-6-9-17-11-12-31-22(17)18/h3-10,14-15H,2,11-13H2,1H3,(H,25,26). The first kappa shape index (κ1) is 19.1. The third kappa shape index (κ3) is 3.48. The zero-order valence-corrected chi connectivity index (χ0v) is 17.2. The molecular formula is C24H22N4O3. The first-order valence-electron chi connectivity index (χ1n) is 10.3. The lowest BCUT2D eigenvalue weighted by molar-refractivity contribution is 0.0522. The molecule has 0 fully saturated rings. The molecule has 0 unspecified atom stereocenters. The number of para-hydroxylation sites is 1. The fourth-order valence-electron chi connectivity index (χ4n) is 3.92. The van der Waals surface area contributed by atoms with E-state index in [9.17, 15) is 4.79 Å². The van der Waals surface area contributed by atoms with Gasteiger partial charge in [-0.25, -0.2) is 14.8 Å². The van der Waals surface area contributed by atoms with E-state index in [0.717, 1.165) is 28.9 Å². The van der Waals surface area contributed by atoms with Gasteiger partial charge in [0.1, 0.15) is 12.1 Å². The van der Waals surface area contributed by atoms with Gasteiger partial charge in [0.25, 0.3) is 0 Å². The first-order valence-corrected chi connectivity index (χ1v) is 10.3. The van der Waals surface area contributed by atoms with Crippen LogP contribution >= 0.6 is 0 Å². The minimum atomic E-state index is -0.450. The van der Waals surface area contributed by atoms with E-state index in [1.54, 1.807) is 23.8 Å². The van der Waals surface area contributed by atoms with Crippen molar-refractivity contribution in [2.24, 2.45) is 0 Å². The molecule has 7 heteroatoms. The lowest BCUT2D eigenvalue weighted by Gasteiger charge is -2.13. The summed E-state index contributed by atoms with van der Waals surface area (Å²) in [5.41, 5.74) is 5.00. The number of fused-ring (bicyclic) bond motifs is 2. The molecule has 0 aliphatic carbocycles. The highest BCUT2D eigenvalue weighted by molar-refractivity contribution is 6.00. The number of hydrogen-bond donors (Lipinski definition) is 1. The minimum Gasteiger partial charge on any atom is -0.493 e. The van der Waals surface area contributed by atoms with E-state index in [2.05, 4.69) is 21.4 Å². The molecule has 0 bridgehead atoms. The van der Waals surface area contributed by atoms with E-state index >= 15 is 0 Å². The van der Waals surface area contributed by atoms with Crippen LogP contribution in [0.1, 0.15) is 28.5 Å². The zero-order valence-electron chi connectivity index (χ0n) is 17.2. The third-order valence-electron chi connectivity index (χ3n) is 5.35. The van der Waals surface area contributed by atoms with Gasteiger partial charge >= 0.3 is 5.97 Å². The Kier molecular flexibility index (Phi) is 5.00. The molecule has 0 radical (unpaired) electrons. The molecule has 4 aromatic rings. The van der Waals surface area contributed by atoms with Gasteiger partial charge in [0.2, 0.25) is 5.95 Å². The molecule has 2 aromatic carbocycles. The summed E-state index contributed by atoms with van der Waals surface area (Å²) in [5, 5.41) is 3.38. The van der Waals surface area contributed by atoms with Gasteiger partial charge in [-0.3, -0.25) is 4.40 Å². The molecule has 0 saturated heterocycles. The molecule has 156 valence electrons. The van der Waals surface area contributed by atoms with Crippen molar-refractivity contribution in [3.05, 3.63) is 77.9 Å². The van der Waals surface area contributed by atoms with E-state index in [4.69, 9.17) is 9.47 Å². The number of ether oxygens (including phenoxy) is 2. The van der Waals surface area contributed by atoms with Gasteiger partial charge in [0.05, 0.1) is 18.7 Å². The average Bonchev–Trinajstić information content (AvgIpc) is 3.46. The number of nitrogens with zero attached hydrogens (tertiary/aromatic N) is 3. The Labute approximate surface area is 179 Å². The Balaban J connectivity index is 1.56. The van der Waals surface area contributed by atoms with Gasteiger partial charge in [-0.1, -0.05) is 48.5 Å². The molecule has 5 rings (SSSR count). The summed E-state index contributed by atoms with van der Waals surface area (Å²) in [6.45, 7) is 3.32. The smallest absolute Gasteiger partial charge is 0.359 e. The number of hydrogen-bond acceptors (Lipinski definition) is 6. The quantitative estimate of drug-likeness (QED) is 0.478. The van der Waals surface area contributed by atoms with Crippen molar-refractivity contribution in [2.45, 2.75) is 19.9 Å². The van der Waals surface area contributed by atoms with Crippen LogP contribution in [-0.4, -0.2) is 33.6 Å². The number of carbonyl (C=O) groups is 1. The fraction of sp³-hybridized carbons (Fsp3) is 0.208. The topological polar surface area (TPSA) is 77.8 Å². The predicted molar refractivity (Wildman–Crippen MR) is 117 cm³/mol. The van der Waals surface area contributed by atoms with E-state index in [-0.39, 0.29) is 12.3 Å². The van der Waals surface area contributed by atoms with Crippen LogP contribution in [0, 0.1) is 0 Å². The Hall–Kier alpha value is -3.87. The maximum Gasteiger partial charge on any atom is 0.359 e. The van der Waals surface area contributed by atoms with E-state index < -0.39 is 5.97 Å². The highest BCUT2D eigenvalue weighted by Crippen LogP contribution is 2.31. The van der Waals surface area contributed by atoms with Crippen LogP contribution in [0.2, 0.25) is 0 Å². The second-order valence-corrected chi connectivity index (χ2v) is 7.25. The summed E-state index contributed by atoms with van der Waals surface area (Å²) >= 11 is 0. The summed E-state index contributed by atoms with van der Waals surface area (Å²) in [7, 11) is 0. The number of aromatic nitrogens is 3. The van der Waals surface area contributed by atoms with Crippen molar-refractivity contribution < 1.29 is 14.3 Å². The van der Waals surface area contributed by atoms with Crippen molar-refractivity contribution >= 4 is 17.4 Å². The third-order valence-corrected chi connectivity index (χ3v) is 5.35. The summed E-state index contributed by atoms with van der Waals surface area (Å²) in [6, 6.07) is 16.0. The Morgan fingerprint density at radius 2 is 2.03 bits per heavy atom. The number of nitrogens with one attached hydrogen (secondary N) is 1. The van der Waals surface area contributed by atoms with Crippen LogP contribution in [0.5, 0.6) is 5.75 Å². The van der Waals surface area contributed by atoms with Crippen molar-refractivity contribution in [1.29, 1.82) is 0 Å². The van der Waals surface area contributed by atoms with Gasteiger partial charge in [0.15, 0.2) is 5.69 Å².